The van der Waals surface area contributed by atoms with Crippen LogP contribution in [0.25, 0.3) is 0 Å². The molecule has 1 aromatic rings. The first-order valence-corrected chi connectivity index (χ1v) is 6.89. The van der Waals surface area contributed by atoms with Gasteiger partial charge in [0.2, 0.25) is 0 Å². The molecule has 0 spiro atoms. The Hall–Kier alpha value is -1.36. The van der Waals surface area contributed by atoms with Gasteiger partial charge in [-0.15, -0.1) is 0 Å². The lowest BCUT2D eigenvalue weighted by atomic mass is 9.93. The van der Waals surface area contributed by atoms with E-state index in [1.54, 1.807) is 4.68 Å². The zero-order chi connectivity index (χ0) is 13.9. The smallest absolute Gasteiger partial charge is 0.328 e. The molecule has 1 fully saturated rings. The van der Waals surface area contributed by atoms with Crippen LogP contribution < -0.4 is 5.32 Å². The van der Waals surface area contributed by atoms with Gasteiger partial charge in [-0.2, -0.15) is 5.10 Å². The Morgan fingerprint density at radius 1 is 1.47 bits per heavy atom. The van der Waals surface area contributed by atoms with Crippen LogP contribution in [0.2, 0.25) is 0 Å². The molecule has 1 aliphatic heterocycles. The molecule has 1 aromatic heterocycles. The number of nitrogens with zero attached hydrogens (tertiary/aromatic N) is 2. The highest BCUT2D eigenvalue weighted by Gasteiger charge is 2.19. The fourth-order valence-corrected chi connectivity index (χ4v) is 2.34. The average molecular weight is 265 g/mol. The predicted octanol–water partition coefficient (Wildman–Crippen LogP) is 1.69. The molecule has 1 N–H and O–H groups in total. The molecule has 0 aliphatic carbocycles. The predicted molar refractivity (Wildman–Crippen MR) is 72.9 cm³/mol. The van der Waals surface area contributed by atoms with Crippen LogP contribution in [0.5, 0.6) is 0 Å². The summed E-state index contributed by atoms with van der Waals surface area (Å²) in [4.78, 5) is 11.7. The Morgan fingerprint density at radius 2 is 2.16 bits per heavy atom. The van der Waals surface area contributed by atoms with Crippen molar-refractivity contribution < 1.29 is 9.53 Å². The summed E-state index contributed by atoms with van der Waals surface area (Å²) in [7, 11) is 0. The third-order valence-corrected chi connectivity index (χ3v) is 3.17. The van der Waals surface area contributed by atoms with Crippen LogP contribution in [0, 0.1) is 0 Å². The molecule has 106 valence electrons. The molecule has 0 atom stereocenters. The molecule has 0 unspecified atom stereocenters. The lowest BCUT2D eigenvalue weighted by molar-refractivity contribution is -0.155. The standard InChI is InChI=1S/C14H23N3O2/c1-14(2,3)19-13(18)10-17-9-12(8-16-17)11-4-6-15-7-5-11/h8-9,11,15H,4-7,10H2,1-3H3. The van der Waals surface area contributed by atoms with Crippen LogP contribution in [-0.4, -0.2) is 34.4 Å². The zero-order valence-electron chi connectivity index (χ0n) is 12.0. The second kappa shape index (κ2) is 5.74. The van der Waals surface area contributed by atoms with Crippen molar-refractivity contribution in [1.82, 2.24) is 15.1 Å². The summed E-state index contributed by atoms with van der Waals surface area (Å²) in [5.41, 5.74) is 0.785. The zero-order valence-corrected chi connectivity index (χ0v) is 12.0. The Balaban J connectivity index is 1.91. The lowest BCUT2D eigenvalue weighted by Gasteiger charge is -2.21. The fraction of sp³-hybridized carbons (Fsp3) is 0.714. The van der Waals surface area contributed by atoms with Gasteiger partial charge in [0, 0.05) is 6.20 Å². The van der Waals surface area contributed by atoms with E-state index in [0.29, 0.717) is 5.92 Å². The number of nitrogens with one attached hydrogen (secondary N) is 1. The molecule has 0 radical (unpaired) electrons. The minimum absolute atomic E-state index is 0.183. The van der Waals surface area contributed by atoms with E-state index in [9.17, 15) is 4.79 Å². The van der Waals surface area contributed by atoms with Gasteiger partial charge >= 0.3 is 5.97 Å². The summed E-state index contributed by atoms with van der Waals surface area (Å²) in [5, 5.41) is 7.60. The van der Waals surface area contributed by atoms with E-state index in [2.05, 4.69) is 10.4 Å². The summed E-state index contributed by atoms with van der Waals surface area (Å²) >= 11 is 0. The number of hydrogen-bond donors (Lipinski definition) is 1. The van der Waals surface area contributed by atoms with Crippen LogP contribution in [0.4, 0.5) is 0 Å². The molecule has 1 saturated heterocycles. The average Bonchev–Trinajstić information content (AvgIpc) is 2.76. The van der Waals surface area contributed by atoms with E-state index in [-0.39, 0.29) is 12.5 Å². The molecule has 0 saturated carbocycles. The maximum Gasteiger partial charge on any atom is 0.328 e. The van der Waals surface area contributed by atoms with Gasteiger partial charge in [0.15, 0.2) is 0 Å². The van der Waals surface area contributed by atoms with E-state index in [1.165, 1.54) is 5.56 Å². The van der Waals surface area contributed by atoms with Crippen LogP contribution >= 0.6 is 0 Å². The number of ether oxygens (including phenoxy) is 1. The maximum absolute atomic E-state index is 11.7. The van der Waals surface area contributed by atoms with E-state index < -0.39 is 5.60 Å². The van der Waals surface area contributed by atoms with Crippen LogP contribution in [0.3, 0.4) is 0 Å². The van der Waals surface area contributed by atoms with Crippen molar-refractivity contribution in [3.05, 3.63) is 18.0 Å². The van der Waals surface area contributed by atoms with Crippen LogP contribution in [0.15, 0.2) is 12.4 Å². The molecule has 0 aromatic carbocycles. The van der Waals surface area contributed by atoms with E-state index in [0.717, 1.165) is 25.9 Å². The van der Waals surface area contributed by atoms with E-state index in [4.69, 9.17) is 4.74 Å². The molecule has 0 bridgehead atoms. The van der Waals surface area contributed by atoms with Crippen molar-refractivity contribution in [2.24, 2.45) is 0 Å². The summed E-state index contributed by atoms with van der Waals surface area (Å²) in [6, 6.07) is 0. The highest BCUT2D eigenvalue weighted by Crippen LogP contribution is 2.24. The van der Waals surface area contributed by atoms with E-state index >= 15 is 0 Å². The van der Waals surface area contributed by atoms with Crippen LogP contribution in [-0.2, 0) is 16.1 Å². The van der Waals surface area contributed by atoms with Crippen molar-refractivity contribution in [3.63, 3.8) is 0 Å². The van der Waals surface area contributed by atoms with Gasteiger partial charge in [-0.1, -0.05) is 0 Å². The Labute approximate surface area is 114 Å². The monoisotopic (exact) mass is 265 g/mol. The molecule has 5 nitrogen and oxygen atoms in total. The first kappa shape index (κ1) is 14.1. The Kier molecular flexibility index (Phi) is 4.24. The molecule has 19 heavy (non-hydrogen) atoms. The highest BCUT2D eigenvalue weighted by molar-refractivity contribution is 5.69. The first-order valence-electron chi connectivity index (χ1n) is 6.89. The summed E-state index contributed by atoms with van der Waals surface area (Å²) in [6.45, 7) is 7.91. The Bertz CT molecular complexity index is 428. The molecule has 2 heterocycles. The van der Waals surface area contributed by atoms with Gasteiger partial charge in [-0.05, 0) is 58.2 Å². The largest absolute Gasteiger partial charge is 0.459 e. The van der Waals surface area contributed by atoms with Crippen molar-refractivity contribution >= 4 is 5.97 Å². The maximum atomic E-state index is 11.7. The fourth-order valence-electron chi connectivity index (χ4n) is 2.34. The molecular weight excluding hydrogens is 242 g/mol. The lowest BCUT2D eigenvalue weighted by Crippen LogP contribution is -2.27. The number of aromatic nitrogens is 2. The van der Waals surface area contributed by atoms with Gasteiger partial charge in [0.05, 0.1) is 6.20 Å². The highest BCUT2D eigenvalue weighted by atomic mass is 16.6. The number of carbonyl (C=O) groups is 1. The third kappa shape index (κ3) is 4.35. The number of esters is 1. The molecule has 0 amide bonds. The van der Waals surface area contributed by atoms with Crippen molar-refractivity contribution in [1.29, 1.82) is 0 Å². The Morgan fingerprint density at radius 3 is 2.79 bits per heavy atom. The third-order valence-electron chi connectivity index (χ3n) is 3.17. The van der Waals surface area contributed by atoms with Crippen molar-refractivity contribution in [2.75, 3.05) is 13.1 Å². The molecular formula is C14H23N3O2. The molecule has 1 aliphatic rings. The van der Waals surface area contributed by atoms with Crippen LogP contribution in [0.1, 0.15) is 45.1 Å². The normalized spacial score (nSPS) is 17.4. The minimum atomic E-state index is -0.442. The topological polar surface area (TPSA) is 56.1 Å². The van der Waals surface area contributed by atoms with Gasteiger partial charge in [-0.3, -0.25) is 9.48 Å². The minimum Gasteiger partial charge on any atom is -0.459 e. The van der Waals surface area contributed by atoms with Gasteiger partial charge in [0.25, 0.3) is 0 Å². The SMILES string of the molecule is CC(C)(C)OC(=O)Cn1cc(C2CCNCC2)cn1. The number of carbonyl (C=O) groups excluding carboxylic acids is 1. The first-order chi connectivity index (χ1) is 8.94. The summed E-state index contributed by atoms with van der Waals surface area (Å²) in [5.74, 6) is 0.320. The quantitative estimate of drug-likeness (QED) is 0.845. The summed E-state index contributed by atoms with van der Waals surface area (Å²) < 4.78 is 6.96. The van der Waals surface area contributed by atoms with Gasteiger partial charge in [0.1, 0.15) is 12.1 Å². The van der Waals surface area contributed by atoms with E-state index in [1.807, 2.05) is 33.2 Å². The van der Waals surface area contributed by atoms with Gasteiger partial charge in [-0.25, -0.2) is 0 Å². The van der Waals surface area contributed by atoms with Gasteiger partial charge < -0.3 is 10.1 Å². The molecule has 5 heteroatoms. The number of hydrogen-bond acceptors (Lipinski definition) is 4. The summed E-state index contributed by atoms with van der Waals surface area (Å²) in [6.07, 6.45) is 6.12. The number of rotatable bonds is 3. The number of piperidine rings is 1. The molecule has 2 rings (SSSR count). The second-order valence-corrected chi connectivity index (χ2v) is 6.08. The van der Waals surface area contributed by atoms with Crippen molar-refractivity contribution in [2.45, 2.75) is 51.7 Å². The van der Waals surface area contributed by atoms with Crippen molar-refractivity contribution in [3.8, 4) is 0 Å². The second-order valence-electron chi connectivity index (χ2n) is 6.08.